The van der Waals surface area contributed by atoms with E-state index in [1.54, 1.807) is 0 Å². The molecule has 4 aromatic rings. The van der Waals surface area contributed by atoms with Crippen LogP contribution in [-0.4, -0.2) is 16.6 Å². The summed E-state index contributed by atoms with van der Waals surface area (Å²) in [6.45, 7) is 2.68. The smallest absolute Gasteiger partial charge is 0.128 e. The second-order valence-corrected chi connectivity index (χ2v) is 7.37. The highest BCUT2D eigenvalue weighted by molar-refractivity contribution is 7.45. The van der Waals surface area contributed by atoms with Crippen LogP contribution in [0.5, 0.6) is 5.75 Å². The van der Waals surface area contributed by atoms with Crippen molar-refractivity contribution in [2.24, 2.45) is 0 Å². The SMILES string of the molecule is CPc1nc2c(ccc3cc4c(cc32)OCc2cc(Cl)ccc2-4)[nH]1. The van der Waals surface area contributed by atoms with Crippen LogP contribution in [0.1, 0.15) is 5.56 Å². The highest BCUT2D eigenvalue weighted by atomic mass is 35.5. The van der Waals surface area contributed by atoms with Crippen LogP contribution in [0.25, 0.3) is 32.9 Å². The largest absolute Gasteiger partial charge is 0.488 e. The lowest BCUT2D eigenvalue weighted by atomic mass is 9.94. The summed E-state index contributed by atoms with van der Waals surface area (Å²) in [4.78, 5) is 8.13. The number of fused-ring (bicyclic) bond motifs is 6. The first kappa shape index (κ1) is 14.3. The van der Waals surface area contributed by atoms with Gasteiger partial charge in [-0.15, -0.1) is 0 Å². The van der Waals surface area contributed by atoms with Crippen LogP contribution >= 0.6 is 20.2 Å². The molecule has 0 radical (unpaired) electrons. The third-order valence-corrected chi connectivity index (χ3v) is 5.49. The third kappa shape index (κ3) is 2.05. The summed E-state index contributed by atoms with van der Waals surface area (Å²) < 4.78 is 6.00. The molecule has 1 aliphatic heterocycles. The second-order valence-electron chi connectivity index (χ2n) is 5.96. The number of benzene rings is 3. The topological polar surface area (TPSA) is 37.9 Å². The summed E-state index contributed by atoms with van der Waals surface area (Å²) in [6.07, 6.45) is 0. The van der Waals surface area contributed by atoms with Gasteiger partial charge in [0.2, 0.25) is 0 Å². The number of halogens is 1. The summed E-state index contributed by atoms with van der Waals surface area (Å²) in [5.74, 6) is 0.910. The number of nitrogens with one attached hydrogen (secondary N) is 1. The first-order valence-electron chi connectivity index (χ1n) is 7.79. The van der Waals surface area contributed by atoms with Crippen LogP contribution in [0.15, 0.2) is 42.5 Å². The number of rotatable bonds is 1. The Labute approximate surface area is 145 Å². The number of ether oxygens (including phenoxy) is 1. The van der Waals surface area contributed by atoms with Crippen molar-refractivity contribution in [3.8, 4) is 16.9 Å². The number of imidazole rings is 1. The molecule has 0 aliphatic carbocycles. The average molecular weight is 353 g/mol. The lowest BCUT2D eigenvalue weighted by molar-refractivity contribution is 0.303. The molecule has 0 fully saturated rings. The number of hydrogen-bond acceptors (Lipinski definition) is 2. The van der Waals surface area contributed by atoms with E-state index in [9.17, 15) is 0 Å². The molecule has 1 N–H and O–H groups in total. The van der Waals surface area contributed by atoms with Crippen molar-refractivity contribution in [1.82, 2.24) is 9.97 Å². The lowest BCUT2D eigenvalue weighted by Gasteiger charge is -2.21. The van der Waals surface area contributed by atoms with Gasteiger partial charge >= 0.3 is 0 Å². The molecule has 0 amide bonds. The third-order valence-electron chi connectivity index (χ3n) is 4.55. The monoisotopic (exact) mass is 352 g/mol. The van der Waals surface area contributed by atoms with Crippen molar-refractivity contribution in [3.63, 3.8) is 0 Å². The molecule has 3 aromatic carbocycles. The average Bonchev–Trinajstić information content (AvgIpc) is 3.03. The normalized spacial score (nSPS) is 13.4. The molecule has 1 unspecified atom stereocenters. The second kappa shape index (κ2) is 5.20. The molecule has 0 bridgehead atoms. The molecule has 0 spiro atoms. The standard InChI is InChI=1S/C19H14ClN2OP/c1-24-19-21-16-5-2-10-7-15-13-4-3-12(20)6-11(13)9-23-17(15)8-14(10)18(16)22-19/h2-8,24H,9H2,1H3,(H,21,22). The highest BCUT2D eigenvalue weighted by Crippen LogP contribution is 2.41. The van der Waals surface area contributed by atoms with E-state index < -0.39 is 0 Å². The number of H-pyrrole nitrogens is 1. The van der Waals surface area contributed by atoms with Gasteiger partial charge in [0.25, 0.3) is 0 Å². The minimum atomic E-state index is 0.548. The maximum Gasteiger partial charge on any atom is 0.128 e. The van der Waals surface area contributed by atoms with Crippen molar-refractivity contribution >= 4 is 47.6 Å². The van der Waals surface area contributed by atoms with Gasteiger partial charge < -0.3 is 9.72 Å². The van der Waals surface area contributed by atoms with E-state index in [2.05, 4.69) is 42.0 Å². The molecular weight excluding hydrogens is 339 g/mol. The van der Waals surface area contributed by atoms with Crippen LogP contribution in [0.2, 0.25) is 5.02 Å². The molecule has 0 saturated carbocycles. The molecule has 5 rings (SSSR count). The van der Waals surface area contributed by atoms with Gasteiger partial charge in [0.1, 0.15) is 17.9 Å². The Morgan fingerprint density at radius 3 is 2.92 bits per heavy atom. The van der Waals surface area contributed by atoms with E-state index in [-0.39, 0.29) is 0 Å². The molecule has 1 aromatic heterocycles. The quantitative estimate of drug-likeness (QED) is 0.497. The van der Waals surface area contributed by atoms with Gasteiger partial charge in [0.15, 0.2) is 0 Å². The molecule has 24 heavy (non-hydrogen) atoms. The van der Waals surface area contributed by atoms with Crippen LogP contribution < -0.4 is 10.3 Å². The molecule has 1 aliphatic rings. The first-order valence-corrected chi connectivity index (χ1v) is 9.66. The van der Waals surface area contributed by atoms with E-state index in [0.717, 1.165) is 43.9 Å². The number of nitrogens with zero attached hydrogens (tertiary/aromatic N) is 1. The molecular formula is C19H14ClN2OP. The van der Waals surface area contributed by atoms with E-state index in [1.807, 2.05) is 12.1 Å². The predicted molar refractivity (Wildman–Crippen MR) is 102 cm³/mol. The zero-order valence-electron chi connectivity index (χ0n) is 13.0. The molecule has 0 saturated heterocycles. The summed E-state index contributed by atoms with van der Waals surface area (Å²) >= 11 is 6.11. The van der Waals surface area contributed by atoms with Gasteiger partial charge in [-0.3, -0.25) is 0 Å². The van der Waals surface area contributed by atoms with Crippen molar-refractivity contribution in [2.75, 3.05) is 6.66 Å². The maximum absolute atomic E-state index is 6.11. The Hall–Kier alpha value is -2.09. The fourth-order valence-electron chi connectivity index (χ4n) is 3.37. The molecule has 3 nitrogen and oxygen atoms in total. The van der Waals surface area contributed by atoms with Crippen molar-refractivity contribution in [3.05, 3.63) is 53.1 Å². The van der Waals surface area contributed by atoms with Gasteiger partial charge in [-0.2, -0.15) is 0 Å². The first-order chi connectivity index (χ1) is 11.7. The van der Waals surface area contributed by atoms with E-state index in [1.165, 1.54) is 10.9 Å². The number of aromatic nitrogens is 2. The molecule has 5 heteroatoms. The molecule has 2 heterocycles. The Kier molecular flexibility index (Phi) is 3.09. The van der Waals surface area contributed by atoms with Gasteiger partial charge in [-0.25, -0.2) is 4.98 Å². The zero-order valence-corrected chi connectivity index (χ0v) is 14.7. The predicted octanol–water partition coefficient (Wildman–Crippen LogP) is 4.86. The van der Waals surface area contributed by atoms with Crippen molar-refractivity contribution in [1.29, 1.82) is 0 Å². The molecule has 118 valence electrons. The fraction of sp³-hybridized carbons (Fsp3) is 0.105. The van der Waals surface area contributed by atoms with Crippen LogP contribution in [0.4, 0.5) is 0 Å². The van der Waals surface area contributed by atoms with Gasteiger partial charge in [0.05, 0.1) is 11.0 Å². The van der Waals surface area contributed by atoms with E-state index in [0.29, 0.717) is 15.2 Å². The Bertz CT molecular complexity index is 1120. The number of aromatic amines is 1. The lowest BCUT2D eigenvalue weighted by Crippen LogP contribution is -2.05. The van der Waals surface area contributed by atoms with Crippen LogP contribution in [-0.2, 0) is 6.61 Å². The zero-order chi connectivity index (χ0) is 16.3. The van der Waals surface area contributed by atoms with E-state index >= 15 is 0 Å². The van der Waals surface area contributed by atoms with Gasteiger partial charge in [-0.05, 0) is 53.5 Å². The Morgan fingerprint density at radius 1 is 1.12 bits per heavy atom. The van der Waals surface area contributed by atoms with E-state index in [4.69, 9.17) is 21.3 Å². The Morgan fingerprint density at radius 2 is 2.04 bits per heavy atom. The van der Waals surface area contributed by atoms with Gasteiger partial charge in [-0.1, -0.05) is 32.3 Å². The van der Waals surface area contributed by atoms with Gasteiger partial charge in [0, 0.05) is 16.0 Å². The summed E-state index contributed by atoms with van der Waals surface area (Å²) in [7, 11) is 0.655. The number of hydrogen-bond donors (Lipinski definition) is 1. The Balaban J connectivity index is 1.80. The van der Waals surface area contributed by atoms with Crippen LogP contribution in [0, 0.1) is 0 Å². The fourth-order valence-corrected chi connectivity index (χ4v) is 4.05. The highest BCUT2D eigenvalue weighted by Gasteiger charge is 2.19. The maximum atomic E-state index is 6.11. The summed E-state index contributed by atoms with van der Waals surface area (Å²) in [5.41, 5.74) is 6.58. The van der Waals surface area contributed by atoms with Crippen molar-refractivity contribution in [2.45, 2.75) is 6.61 Å². The minimum absolute atomic E-state index is 0.548. The summed E-state index contributed by atoms with van der Waals surface area (Å²) in [5, 5.41) is 3.04. The van der Waals surface area contributed by atoms with Crippen LogP contribution in [0.3, 0.4) is 0 Å². The molecule has 1 atom stereocenters. The summed E-state index contributed by atoms with van der Waals surface area (Å²) in [6, 6.07) is 14.6. The minimum Gasteiger partial charge on any atom is -0.488 e. The van der Waals surface area contributed by atoms with Crippen molar-refractivity contribution < 1.29 is 4.74 Å².